The molecule has 3 rings (SSSR count). The van der Waals surface area contributed by atoms with E-state index in [2.05, 4.69) is 25.9 Å². The maximum atomic E-state index is 10.2. The molecule has 19 heavy (non-hydrogen) atoms. The van der Waals surface area contributed by atoms with Crippen molar-refractivity contribution in [2.24, 2.45) is 0 Å². The van der Waals surface area contributed by atoms with Gasteiger partial charge in [-0.05, 0) is 40.2 Å². The largest absolute Gasteiger partial charge is 0.386 e. The molecule has 2 aromatic heterocycles. The van der Waals surface area contributed by atoms with Gasteiger partial charge < -0.3 is 5.11 Å². The first-order chi connectivity index (χ1) is 9.22. The lowest BCUT2D eigenvalue weighted by molar-refractivity contribution is 0.174. The molecule has 1 N–H and O–H groups in total. The molecule has 0 spiro atoms. The summed E-state index contributed by atoms with van der Waals surface area (Å²) in [5.41, 5.74) is 2.27. The molecule has 0 aliphatic rings. The molecular weight excluding hydrogens is 324 g/mol. The number of aliphatic hydroxyl groups excluding tert-OH is 1. The SMILES string of the molecule is OC(Cc1ccc(Br)s1)c1cnc2ccccc2n1. The van der Waals surface area contributed by atoms with Crippen LogP contribution in [0, 0.1) is 0 Å². The summed E-state index contributed by atoms with van der Waals surface area (Å²) in [6.07, 6.45) is 1.58. The fourth-order valence-electron chi connectivity index (χ4n) is 1.89. The number of aliphatic hydroxyl groups is 1. The van der Waals surface area contributed by atoms with Crippen LogP contribution in [0.15, 0.2) is 46.4 Å². The van der Waals surface area contributed by atoms with Gasteiger partial charge in [-0.1, -0.05) is 12.1 Å². The fourth-order valence-corrected chi connectivity index (χ4v) is 3.41. The summed E-state index contributed by atoms with van der Waals surface area (Å²) in [6.45, 7) is 0. The van der Waals surface area contributed by atoms with E-state index in [0.29, 0.717) is 12.1 Å². The highest BCUT2D eigenvalue weighted by Gasteiger charge is 2.12. The van der Waals surface area contributed by atoms with E-state index in [-0.39, 0.29) is 0 Å². The summed E-state index contributed by atoms with van der Waals surface area (Å²) in [7, 11) is 0. The smallest absolute Gasteiger partial charge is 0.102 e. The molecule has 0 fully saturated rings. The van der Waals surface area contributed by atoms with Gasteiger partial charge in [0, 0.05) is 11.3 Å². The van der Waals surface area contributed by atoms with Crippen molar-refractivity contribution in [1.29, 1.82) is 0 Å². The second-order valence-corrected chi connectivity index (χ2v) is 6.76. The molecule has 0 aliphatic carbocycles. The van der Waals surface area contributed by atoms with Gasteiger partial charge in [0.25, 0.3) is 0 Å². The Hall–Kier alpha value is -1.30. The number of fused-ring (bicyclic) bond motifs is 1. The van der Waals surface area contributed by atoms with Crippen molar-refractivity contribution in [2.75, 3.05) is 0 Å². The van der Waals surface area contributed by atoms with E-state index in [1.54, 1.807) is 17.5 Å². The zero-order chi connectivity index (χ0) is 13.2. The summed E-state index contributed by atoms with van der Waals surface area (Å²) >= 11 is 5.04. The Morgan fingerprint density at radius 3 is 2.68 bits per heavy atom. The lowest BCUT2D eigenvalue weighted by atomic mass is 10.1. The summed E-state index contributed by atoms with van der Waals surface area (Å²) in [4.78, 5) is 9.90. The third-order valence-corrected chi connectivity index (χ3v) is 4.48. The minimum Gasteiger partial charge on any atom is -0.386 e. The van der Waals surface area contributed by atoms with Crippen LogP contribution in [0.2, 0.25) is 0 Å². The Labute approximate surface area is 123 Å². The van der Waals surface area contributed by atoms with Gasteiger partial charge in [0.05, 0.1) is 26.7 Å². The van der Waals surface area contributed by atoms with Crippen molar-refractivity contribution in [3.05, 3.63) is 57.0 Å². The van der Waals surface area contributed by atoms with E-state index in [9.17, 15) is 5.11 Å². The Morgan fingerprint density at radius 1 is 1.16 bits per heavy atom. The van der Waals surface area contributed by atoms with Crippen LogP contribution >= 0.6 is 27.3 Å². The van der Waals surface area contributed by atoms with E-state index in [4.69, 9.17) is 0 Å². The average Bonchev–Trinajstić information content (AvgIpc) is 2.83. The van der Waals surface area contributed by atoms with Crippen LogP contribution in [-0.2, 0) is 6.42 Å². The Bertz CT molecular complexity index is 713. The molecule has 3 aromatic rings. The fraction of sp³-hybridized carbons (Fsp3) is 0.143. The van der Waals surface area contributed by atoms with Crippen LogP contribution in [0.25, 0.3) is 11.0 Å². The number of halogens is 1. The van der Waals surface area contributed by atoms with E-state index in [1.165, 1.54) is 0 Å². The number of thiophene rings is 1. The van der Waals surface area contributed by atoms with Gasteiger partial charge >= 0.3 is 0 Å². The number of benzene rings is 1. The number of rotatable bonds is 3. The number of para-hydroxylation sites is 2. The average molecular weight is 335 g/mol. The molecule has 5 heteroatoms. The molecule has 3 nitrogen and oxygen atoms in total. The highest BCUT2D eigenvalue weighted by molar-refractivity contribution is 9.11. The maximum Gasteiger partial charge on any atom is 0.102 e. The molecule has 0 radical (unpaired) electrons. The second-order valence-electron chi connectivity index (χ2n) is 4.21. The molecule has 0 amide bonds. The predicted octanol–water partition coefficient (Wildman–Crippen LogP) is 3.73. The van der Waals surface area contributed by atoms with Crippen LogP contribution < -0.4 is 0 Å². The number of hydrogen-bond donors (Lipinski definition) is 1. The molecule has 1 unspecified atom stereocenters. The first-order valence-electron chi connectivity index (χ1n) is 5.86. The van der Waals surface area contributed by atoms with Crippen molar-refractivity contribution in [3.8, 4) is 0 Å². The van der Waals surface area contributed by atoms with Gasteiger partial charge in [0.1, 0.15) is 6.10 Å². The molecule has 0 saturated heterocycles. The zero-order valence-electron chi connectivity index (χ0n) is 9.95. The number of aromatic nitrogens is 2. The zero-order valence-corrected chi connectivity index (χ0v) is 12.4. The van der Waals surface area contributed by atoms with Gasteiger partial charge in [-0.3, -0.25) is 4.98 Å². The van der Waals surface area contributed by atoms with Gasteiger partial charge in [0.2, 0.25) is 0 Å². The summed E-state index contributed by atoms with van der Waals surface area (Å²) in [5, 5.41) is 10.2. The van der Waals surface area contributed by atoms with E-state index < -0.39 is 6.10 Å². The van der Waals surface area contributed by atoms with Crippen LogP contribution in [0.4, 0.5) is 0 Å². The minimum absolute atomic E-state index is 0.559. The lowest BCUT2D eigenvalue weighted by Gasteiger charge is -2.09. The van der Waals surface area contributed by atoms with Gasteiger partial charge in [-0.2, -0.15) is 0 Å². The van der Waals surface area contributed by atoms with E-state index in [0.717, 1.165) is 19.7 Å². The van der Waals surface area contributed by atoms with Gasteiger partial charge in [-0.15, -0.1) is 11.3 Å². The first-order valence-corrected chi connectivity index (χ1v) is 7.47. The van der Waals surface area contributed by atoms with E-state index >= 15 is 0 Å². The number of nitrogens with zero attached hydrogens (tertiary/aromatic N) is 2. The lowest BCUT2D eigenvalue weighted by Crippen LogP contribution is -2.04. The summed E-state index contributed by atoms with van der Waals surface area (Å²) < 4.78 is 1.07. The van der Waals surface area contributed by atoms with Crippen molar-refractivity contribution in [2.45, 2.75) is 12.5 Å². The molecule has 0 saturated carbocycles. The van der Waals surface area contributed by atoms with Crippen LogP contribution in [0.3, 0.4) is 0 Å². The topological polar surface area (TPSA) is 46.0 Å². The second kappa shape index (κ2) is 5.36. The molecule has 96 valence electrons. The van der Waals surface area contributed by atoms with Crippen LogP contribution in [0.5, 0.6) is 0 Å². The standard InChI is InChI=1S/C14H11BrN2OS/c15-14-6-5-9(19-14)7-13(18)12-8-16-10-3-1-2-4-11(10)17-12/h1-6,8,13,18H,7H2. The highest BCUT2D eigenvalue weighted by Crippen LogP contribution is 2.26. The van der Waals surface area contributed by atoms with Crippen molar-refractivity contribution in [3.63, 3.8) is 0 Å². The van der Waals surface area contributed by atoms with Crippen molar-refractivity contribution in [1.82, 2.24) is 9.97 Å². The van der Waals surface area contributed by atoms with Crippen molar-refractivity contribution < 1.29 is 5.11 Å². The molecule has 2 heterocycles. The normalized spacial score (nSPS) is 12.7. The molecule has 0 bridgehead atoms. The maximum absolute atomic E-state index is 10.2. The minimum atomic E-state index is -0.623. The third kappa shape index (κ3) is 2.83. The van der Waals surface area contributed by atoms with Crippen LogP contribution in [0.1, 0.15) is 16.7 Å². The molecular formula is C14H11BrN2OS. The Balaban J connectivity index is 1.86. The molecule has 1 atom stereocenters. The third-order valence-electron chi connectivity index (χ3n) is 2.83. The highest BCUT2D eigenvalue weighted by atomic mass is 79.9. The van der Waals surface area contributed by atoms with Gasteiger partial charge in [0.15, 0.2) is 0 Å². The summed E-state index contributed by atoms with van der Waals surface area (Å²) in [5.74, 6) is 0. The van der Waals surface area contributed by atoms with Gasteiger partial charge in [-0.25, -0.2) is 4.98 Å². The number of hydrogen-bond acceptors (Lipinski definition) is 4. The Morgan fingerprint density at radius 2 is 1.95 bits per heavy atom. The first kappa shape index (κ1) is 12.7. The quantitative estimate of drug-likeness (QED) is 0.793. The summed E-state index contributed by atoms with van der Waals surface area (Å²) in [6, 6.07) is 11.7. The van der Waals surface area contributed by atoms with E-state index in [1.807, 2.05) is 36.4 Å². The molecule has 1 aromatic carbocycles. The van der Waals surface area contributed by atoms with Crippen LogP contribution in [-0.4, -0.2) is 15.1 Å². The monoisotopic (exact) mass is 334 g/mol. The van der Waals surface area contributed by atoms with Crippen molar-refractivity contribution >= 4 is 38.3 Å². The predicted molar refractivity (Wildman–Crippen MR) is 80.2 cm³/mol. The molecule has 0 aliphatic heterocycles. The Kier molecular flexibility index (Phi) is 3.59.